The molecule has 1 N–H and O–H groups in total. The van der Waals surface area contributed by atoms with Crippen molar-refractivity contribution >= 4 is 0 Å². The molecule has 1 aliphatic heterocycles. The molecule has 1 atom stereocenters. The lowest BCUT2D eigenvalue weighted by molar-refractivity contribution is 0.176. The molecule has 1 aliphatic rings. The summed E-state index contributed by atoms with van der Waals surface area (Å²) in [7, 11) is 2.03. The molecule has 2 nitrogen and oxygen atoms in total. The van der Waals surface area contributed by atoms with E-state index >= 15 is 0 Å². The summed E-state index contributed by atoms with van der Waals surface area (Å²) < 4.78 is 12.9. The van der Waals surface area contributed by atoms with Gasteiger partial charge < -0.3 is 10.2 Å². The number of likely N-dealkylation sites (tertiary alicyclic amines) is 1. The molecule has 1 aromatic carbocycles. The number of halogens is 1. The van der Waals surface area contributed by atoms with Crippen molar-refractivity contribution in [3.8, 4) is 0 Å². The predicted molar refractivity (Wildman–Crippen MR) is 77.9 cm³/mol. The van der Waals surface area contributed by atoms with Gasteiger partial charge in [-0.05, 0) is 69.1 Å². The smallest absolute Gasteiger partial charge is 0.123 e. The van der Waals surface area contributed by atoms with Gasteiger partial charge in [-0.2, -0.15) is 0 Å². The van der Waals surface area contributed by atoms with Gasteiger partial charge in [0.2, 0.25) is 0 Å². The summed E-state index contributed by atoms with van der Waals surface area (Å²) in [5.74, 6) is 1.16. The van der Waals surface area contributed by atoms with Crippen LogP contribution in [0.3, 0.4) is 0 Å². The molecule has 1 fully saturated rings. The van der Waals surface area contributed by atoms with E-state index in [1.807, 2.05) is 19.2 Å². The third-order valence-corrected chi connectivity index (χ3v) is 4.17. The fraction of sp³-hybridized carbons (Fsp3) is 0.625. The zero-order valence-electron chi connectivity index (χ0n) is 12.0. The van der Waals surface area contributed by atoms with E-state index in [2.05, 4.69) is 17.1 Å². The molecule has 1 aromatic rings. The van der Waals surface area contributed by atoms with Crippen molar-refractivity contribution in [2.45, 2.75) is 25.7 Å². The van der Waals surface area contributed by atoms with Crippen molar-refractivity contribution in [2.24, 2.45) is 5.92 Å². The van der Waals surface area contributed by atoms with Crippen LogP contribution in [-0.2, 0) is 0 Å². The molecule has 2 rings (SSSR count). The number of benzene rings is 1. The summed E-state index contributed by atoms with van der Waals surface area (Å²) in [6.45, 7) is 6.84. The molecule has 1 heterocycles. The third-order valence-electron chi connectivity index (χ3n) is 4.17. The lowest BCUT2D eigenvalue weighted by Gasteiger charge is -2.33. The van der Waals surface area contributed by atoms with Gasteiger partial charge in [0.05, 0.1) is 0 Å². The van der Waals surface area contributed by atoms with Crippen molar-refractivity contribution in [3.63, 3.8) is 0 Å². The Balaban J connectivity index is 1.80. The molecule has 1 saturated heterocycles. The van der Waals surface area contributed by atoms with Crippen molar-refractivity contribution in [1.82, 2.24) is 10.2 Å². The minimum atomic E-state index is -0.149. The van der Waals surface area contributed by atoms with Gasteiger partial charge in [0.1, 0.15) is 5.82 Å². The van der Waals surface area contributed by atoms with Crippen LogP contribution in [0.1, 0.15) is 31.2 Å². The maximum Gasteiger partial charge on any atom is 0.123 e. The molecule has 0 spiro atoms. The highest BCUT2D eigenvalue weighted by Crippen LogP contribution is 2.21. The summed E-state index contributed by atoms with van der Waals surface area (Å²) in [5.41, 5.74) is 1.23. The zero-order chi connectivity index (χ0) is 13.7. The van der Waals surface area contributed by atoms with Gasteiger partial charge in [-0.3, -0.25) is 0 Å². The van der Waals surface area contributed by atoms with Gasteiger partial charge in [0.25, 0.3) is 0 Å². The fourth-order valence-corrected chi connectivity index (χ4v) is 2.95. The largest absolute Gasteiger partial charge is 0.319 e. The van der Waals surface area contributed by atoms with Crippen LogP contribution in [0.4, 0.5) is 4.39 Å². The second kappa shape index (κ2) is 7.01. The molecule has 106 valence electrons. The molecule has 1 unspecified atom stereocenters. The fourth-order valence-electron chi connectivity index (χ4n) is 2.95. The lowest BCUT2D eigenvalue weighted by atomic mass is 9.94. The van der Waals surface area contributed by atoms with E-state index in [1.54, 1.807) is 12.1 Å². The van der Waals surface area contributed by atoms with E-state index in [4.69, 9.17) is 0 Å². The average Bonchev–Trinajstić information content (AvgIpc) is 2.42. The number of rotatable bonds is 5. The van der Waals surface area contributed by atoms with Crippen molar-refractivity contribution in [2.75, 3.05) is 33.2 Å². The van der Waals surface area contributed by atoms with Crippen LogP contribution in [0.25, 0.3) is 0 Å². The predicted octanol–water partition coefficient (Wildman–Crippen LogP) is 2.86. The van der Waals surface area contributed by atoms with Crippen LogP contribution in [0.15, 0.2) is 24.3 Å². The van der Waals surface area contributed by atoms with Crippen LogP contribution in [-0.4, -0.2) is 38.1 Å². The Morgan fingerprint density at radius 1 is 1.26 bits per heavy atom. The standard InChI is InChI=1S/C16H25FN2/c1-13(15-3-5-16(17)6-4-15)12-19-9-7-14(8-10-19)11-18-2/h3-6,13-14,18H,7-12H2,1-2H3. The third kappa shape index (κ3) is 4.29. The highest BCUT2D eigenvalue weighted by Gasteiger charge is 2.20. The van der Waals surface area contributed by atoms with Crippen LogP contribution in [0, 0.1) is 11.7 Å². The van der Waals surface area contributed by atoms with E-state index in [9.17, 15) is 4.39 Å². The summed E-state index contributed by atoms with van der Waals surface area (Å²) in [6, 6.07) is 6.94. The monoisotopic (exact) mass is 264 g/mol. The van der Waals surface area contributed by atoms with E-state index < -0.39 is 0 Å². The van der Waals surface area contributed by atoms with Crippen LogP contribution >= 0.6 is 0 Å². The number of piperidine rings is 1. The first kappa shape index (κ1) is 14.5. The first-order valence-corrected chi connectivity index (χ1v) is 7.31. The summed E-state index contributed by atoms with van der Waals surface area (Å²) in [4.78, 5) is 2.54. The molecule has 0 bridgehead atoms. The van der Waals surface area contributed by atoms with E-state index in [0.717, 1.165) is 19.0 Å². The first-order valence-electron chi connectivity index (χ1n) is 7.31. The van der Waals surface area contributed by atoms with Crippen molar-refractivity contribution in [1.29, 1.82) is 0 Å². The van der Waals surface area contributed by atoms with E-state index in [1.165, 1.54) is 31.5 Å². The molecule has 19 heavy (non-hydrogen) atoms. The Kier molecular flexibility index (Phi) is 5.34. The molecular formula is C16H25FN2. The second-order valence-corrected chi connectivity index (χ2v) is 5.75. The SMILES string of the molecule is CNCC1CCN(CC(C)c2ccc(F)cc2)CC1. The lowest BCUT2D eigenvalue weighted by Crippen LogP contribution is -2.38. The van der Waals surface area contributed by atoms with Crippen molar-refractivity contribution < 1.29 is 4.39 Å². The van der Waals surface area contributed by atoms with E-state index in [-0.39, 0.29) is 5.82 Å². The average molecular weight is 264 g/mol. The quantitative estimate of drug-likeness (QED) is 0.879. The molecular weight excluding hydrogens is 239 g/mol. The van der Waals surface area contributed by atoms with Gasteiger partial charge in [-0.15, -0.1) is 0 Å². The summed E-state index contributed by atoms with van der Waals surface area (Å²) in [6.07, 6.45) is 2.58. The minimum Gasteiger partial charge on any atom is -0.319 e. The van der Waals surface area contributed by atoms with Crippen LogP contribution in [0.5, 0.6) is 0 Å². The first-order chi connectivity index (χ1) is 9.19. The number of nitrogens with zero attached hydrogens (tertiary/aromatic N) is 1. The van der Waals surface area contributed by atoms with Gasteiger partial charge in [0, 0.05) is 6.54 Å². The normalized spacial score (nSPS) is 19.5. The summed E-state index contributed by atoms with van der Waals surface area (Å²) >= 11 is 0. The Bertz CT molecular complexity index is 369. The van der Waals surface area contributed by atoms with Crippen LogP contribution in [0.2, 0.25) is 0 Å². The van der Waals surface area contributed by atoms with E-state index in [0.29, 0.717) is 5.92 Å². The topological polar surface area (TPSA) is 15.3 Å². The Morgan fingerprint density at radius 2 is 1.89 bits per heavy atom. The molecule has 3 heteroatoms. The Labute approximate surface area is 116 Å². The molecule has 0 aliphatic carbocycles. The number of hydrogen-bond donors (Lipinski definition) is 1. The van der Waals surface area contributed by atoms with Crippen LogP contribution < -0.4 is 5.32 Å². The summed E-state index contributed by atoms with van der Waals surface area (Å²) in [5, 5.41) is 3.27. The van der Waals surface area contributed by atoms with Gasteiger partial charge in [0.15, 0.2) is 0 Å². The minimum absolute atomic E-state index is 0.149. The second-order valence-electron chi connectivity index (χ2n) is 5.75. The molecule has 0 aromatic heterocycles. The number of hydrogen-bond acceptors (Lipinski definition) is 2. The maximum atomic E-state index is 12.9. The Morgan fingerprint density at radius 3 is 2.47 bits per heavy atom. The molecule has 0 saturated carbocycles. The maximum absolute atomic E-state index is 12.9. The number of nitrogens with one attached hydrogen (secondary N) is 1. The van der Waals surface area contributed by atoms with Gasteiger partial charge in [-0.25, -0.2) is 4.39 Å². The highest BCUT2D eigenvalue weighted by molar-refractivity contribution is 5.20. The molecule has 0 radical (unpaired) electrons. The molecule has 0 amide bonds. The van der Waals surface area contributed by atoms with Gasteiger partial charge >= 0.3 is 0 Å². The highest BCUT2D eigenvalue weighted by atomic mass is 19.1. The van der Waals surface area contributed by atoms with Crippen molar-refractivity contribution in [3.05, 3.63) is 35.6 Å². The Hall–Kier alpha value is -0.930. The van der Waals surface area contributed by atoms with Gasteiger partial charge in [-0.1, -0.05) is 19.1 Å². The zero-order valence-corrected chi connectivity index (χ0v) is 12.0.